The highest BCUT2D eigenvalue weighted by Crippen LogP contribution is 2.06. The van der Waals surface area contributed by atoms with Gasteiger partial charge in [0.2, 0.25) is 5.91 Å². The molecule has 2 heterocycles. The first-order chi connectivity index (χ1) is 8.78. The number of aromatic nitrogens is 2. The molecular formula is C12H20N4O2. The van der Waals surface area contributed by atoms with Crippen LogP contribution in [0.3, 0.4) is 0 Å². The molecule has 1 aromatic rings. The number of hydrogen-bond donors (Lipinski definition) is 2. The van der Waals surface area contributed by atoms with E-state index in [0.717, 1.165) is 31.7 Å². The standard InChI is InChI=1S/C12H20N4O2/c1-13-6-11-7-16(9-14-11)8-12(17)15-10-2-4-18-5-3-10/h7,9-10,13H,2-6,8H2,1H3,(H,15,17). The van der Waals surface area contributed by atoms with Crippen molar-refractivity contribution in [1.29, 1.82) is 0 Å². The van der Waals surface area contributed by atoms with E-state index in [1.54, 1.807) is 10.9 Å². The number of rotatable bonds is 5. The van der Waals surface area contributed by atoms with Gasteiger partial charge in [-0.2, -0.15) is 0 Å². The van der Waals surface area contributed by atoms with E-state index in [1.807, 2.05) is 13.2 Å². The van der Waals surface area contributed by atoms with Gasteiger partial charge in [-0.3, -0.25) is 4.79 Å². The summed E-state index contributed by atoms with van der Waals surface area (Å²) in [5, 5.41) is 6.05. The highest BCUT2D eigenvalue weighted by molar-refractivity contribution is 5.76. The maximum Gasteiger partial charge on any atom is 0.240 e. The number of amides is 1. The van der Waals surface area contributed by atoms with Gasteiger partial charge in [0.25, 0.3) is 0 Å². The van der Waals surface area contributed by atoms with Gasteiger partial charge in [0.15, 0.2) is 0 Å². The van der Waals surface area contributed by atoms with Gasteiger partial charge in [0.1, 0.15) is 6.54 Å². The summed E-state index contributed by atoms with van der Waals surface area (Å²) in [4.78, 5) is 16.0. The van der Waals surface area contributed by atoms with Crippen LogP contribution in [0.4, 0.5) is 0 Å². The quantitative estimate of drug-likeness (QED) is 0.768. The van der Waals surface area contributed by atoms with Crippen molar-refractivity contribution in [3.63, 3.8) is 0 Å². The lowest BCUT2D eigenvalue weighted by Gasteiger charge is -2.23. The fourth-order valence-corrected chi connectivity index (χ4v) is 2.05. The second-order valence-corrected chi connectivity index (χ2v) is 4.52. The minimum Gasteiger partial charge on any atom is -0.381 e. The largest absolute Gasteiger partial charge is 0.381 e. The van der Waals surface area contributed by atoms with Crippen molar-refractivity contribution >= 4 is 5.91 Å². The van der Waals surface area contributed by atoms with E-state index in [2.05, 4.69) is 15.6 Å². The Morgan fingerprint density at radius 1 is 1.56 bits per heavy atom. The number of hydrogen-bond acceptors (Lipinski definition) is 4. The average Bonchev–Trinajstić information content (AvgIpc) is 2.78. The van der Waals surface area contributed by atoms with Gasteiger partial charge in [0.05, 0.1) is 12.0 Å². The smallest absolute Gasteiger partial charge is 0.240 e. The summed E-state index contributed by atoms with van der Waals surface area (Å²) in [6.45, 7) is 2.52. The molecule has 1 fully saturated rings. The zero-order valence-electron chi connectivity index (χ0n) is 10.7. The lowest BCUT2D eigenvalue weighted by Crippen LogP contribution is -2.40. The predicted molar refractivity (Wildman–Crippen MR) is 67.0 cm³/mol. The van der Waals surface area contributed by atoms with E-state index in [4.69, 9.17) is 4.74 Å². The van der Waals surface area contributed by atoms with Crippen LogP contribution >= 0.6 is 0 Å². The highest BCUT2D eigenvalue weighted by Gasteiger charge is 2.16. The van der Waals surface area contributed by atoms with E-state index in [1.165, 1.54) is 0 Å². The Hall–Kier alpha value is -1.40. The van der Waals surface area contributed by atoms with Crippen LogP contribution in [0.5, 0.6) is 0 Å². The zero-order valence-corrected chi connectivity index (χ0v) is 10.7. The number of nitrogens with zero attached hydrogens (tertiary/aromatic N) is 2. The van der Waals surface area contributed by atoms with Crippen molar-refractivity contribution in [2.45, 2.75) is 32.0 Å². The van der Waals surface area contributed by atoms with Gasteiger partial charge in [-0.05, 0) is 19.9 Å². The summed E-state index contributed by atoms with van der Waals surface area (Å²) in [5.74, 6) is 0.0373. The molecule has 0 spiro atoms. The molecule has 100 valence electrons. The summed E-state index contributed by atoms with van der Waals surface area (Å²) in [6, 6.07) is 0.256. The Balaban J connectivity index is 1.78. The Morgan fingerprint density at radius 3 is 3.06 bits per heavy atom. The van der Waals surface area contributed by atoms with Gasteiger partial charge in [-0.1, -0.05) is 0 Å². The first kappa shape index (κ1) is 13.0. The maximum absolute atomic E-state index is 11.8. The molecule has 18 heavy (non-hydrogen) atoms. The van der Waals surface area contributed by atoms with Gasteiger partial charge < -0.3 is 19.9 Å². The number of ether oxygens (including phenoxy) is 1. The van der Waals surface area contributed by atoms with E-state index < -0.39 is 0 Å². The third kappa shape index (κ3) is 3.82. The van der Waals surface area contributed by atoms with Gasteiger partial charge >= 0.3 is 0 Å². The molecule has 6 nitrogen and oxygen atoms in total. The first-order valence-electron chi connectivity index (χ1n) is 6.30. The molecule has 0 radical (unpaired) electrons. The molecule has 0 saturated carbocycles. The monoisotopic (exact) mass is 252 g/mol. The summed E-state index contributed by atoms with van der Waals surface area (Å²) in [6.07, 6.45) is 5.39. The van der Waals surface area contributed by atoms with Gasteiger partial charge in [0, 0.05) is 32.0 Å². The van der Waals surface area contributed by atoms with E-state index in [0.29, 0.717) is 13.1 Å². The van der Waals surface area contributed by atoms with Crippen molar-refractivity contribution in [2.24, 2.45) is 0 Å². The summed E-state index contributed by atoms with van der Waals surface area (Å²) >= 11 is 0. The van der Waals surface area contributed by atoms with Crippen molar-refractivity contribution in [2.75, 3.05) is 20.3 Å². The Kier molecular flexibility index (Phi) is 4.72. The van der Waals surface area contributed by atoms with Crippen LogP contribution in [0.25, 0.3) is 0 Å². The molecule has 2 rings (SSSR count). The third-order valence-electron chi connectivity index (χ3n) is 2.96. The van der Waals surface area contributed by atoms with Crippen LogP contribution in [0.1, 0.15) is 18.5 Å². The molecule has 1 saturated heterocycles. The number of carbonyl (C=O) groups is 1. The molecule has 0 bridgehead atoms. The van der Waals surface area contributed by atoms with Crippen LogP contribution < -0.4 is 10.6 Å². The fourth-order valence-electron chi connectivity index (χ4n) is 2.05. The second kappa shape index (κ2) is 6.51. The summed E-state index contributed by atoms with van der Waals surface area (Å²) in [7, 11) is 1.87. The van der Waals surface area contributed by atoms with Crippen LogP contribution in [0.2, 0.25) is 0 Å². The van der Waals surface area contributed by atoms with Crippen LogP contribution in [0, 0.1) is 0 Å². The topological polar surface area (TPSA) is 68.2 Å². The van der Waals surface area contributed by atoms with Crippen molar-refractivity contribution in [1.82, 2.24) is 20.2 Å². The number of nitrogens with one attached hydrogen (secondary N) is 2. The maximum atomic E-state index is 11.8. The molecule has 0 atom stereocenters. The van der Waals surface area contributed by atoms with E-state index in [-0.39, 0.29) is 11.9 Å². The Labute approximate surface area is 107 Å². The molecule has 0 unspecified atom stereocenters. The number of imidazole rings is 1. The lowest BCUT2D eigenvalue weighted by atomic mass is 10.1. The SMILES string of the molecule is CNCc1cn(CC(=O)NC2CCOCC2)cn1. The molecule has 1 aliphatic heterocycles. The predicted octanol–water partition coefficient (Wildman–Crippen LogP) is -0.102. The summed E-state index contributed by atoms with van der Waals surface area (Å²) in [5.41, 5.74) is 0.941. The first-order valence-corrected chi connectivity index (χ1v) is 6.30. The van der Waals surface area contributed by atoms with Crippen LogP contribution in [-0.2, 0) is 22.6 Å². The lowest BCUT2D eigenvalue weighted by molar-refractivity contribution is -0.122. The second-order valence-electron chi connectivity index (χ2n) is 4.52. The normalized spacial score (nSPS) is 16.7. The number of carbonyl (C=O) groups excluding carboxylic acids is 1. The molecule has 1 aromatic heterocycles. The Morgan fingerprint density at radius 2 is 2.33 bits per heavy atom. The van der Waals surface area contributed by atoms with Crippen LogP contribution in [0.15, 0.2) is 12.5 Å². The molecule has 2 N–H and O–H groups in total. The minimum absolute atomic E-state index is 0.0373. The minimum atomic E-state index is 0.0373. The van der Waals surface area contributed by atoms with Crippen molar-refractivity contribution in [3.8, 4) is 0 Å². The van der Waals surface area contributed by atoms with E-state index >= 15 is 0 Å². The summed E-state index contributed by atoms with van der Waals surface area (Å²) < 4.78 is 7.06. The third-order valence-corrected chi connectivity index (χ3v) is 2.96. The fraction of sp³-hybridized carbons (Fsp3) is 0.667. The molecular weight excluding hydrogens is 232 g/mol. The van der Waals surface area contributed by atoms with Crippen LogP contribution in [-0.4, -0.2) is 41.8 Å². The average molecular weight is 252 g/mol. The molecule has 0 aliphatic carbocycles. The van der Waals surface area contributed by atoms with Crippen molar-refractivity contribution in [3.05, 3.63) is 18.2 Å². The molecule has 0 aromatic carbocycles. The molecule has 1 amide bonds. The van der Waals surface area contributed by atoms with Crippen molar-refractivity contribution < 1.29 is 9.53 Å². The zero-order chi connectivity index (χ0) is 12.8. The van der Waals surface area contributed by atoms with Gasteiger partial charge in [-0.15, -0.1) is 0 Å². The molecule has 6 heteroatoms. The highest BCUT2D eigenvalue weighted by atomic mass is 16.5. The van der Waals surface area contributed by atoms with Gasteiger partial charge in [-0.25, -0.2) is 4.98 Å². The Bertz CT molecular complexity index is 385. The van der Waals surface area contributed by atoms with E-state index in [9.17, 15) is 4.79 Å². The molecule has 1 aliphatic rings.